The van der Waals surface area contributed by atoms with E-state index in [9.17, 15) is 19.3 Å². The van der Waals surface area contributed by atoms with Gasteiger partial charge in [0, 0.05) is 12.6 Å². The number of furan rings is 1. The number of para-hydroxylation sites is 2. The van der Waals surface area contributed by atoms with Gasteiger partial charge < -0.3 is 14.5 Å². The maximum atomic E-state index is 12.9. The van der Waals surface area contributed by atoms with E-state index in [1.807, 2.05) is 0 Å². The van der Waals surface area contributed by atoms with Crippen molar-refractivity contribution in [1.29, 1.82) is 0 Å². The van der Waals surface area contributed by atoms with Crippen molar-refractivity contribution in [3.8, 4) is 5.75 Å². The molecule has 0 fully saturated rings. The Morgan fingerprint density at radius 1 is 1.11 bits per heavy atom. The molecule has 138 valence electrons. The maximum absolute atomic E-state index is 12.9. The van der Waals surface area contributed by atoms with Crippen molar-refractivity contribution >= 4 is 11.6 Å². The Kier molecular flexibility index (Phi) is 5.46. The van der Waals surface area contributed by atoms with E-state index in [1.165, 1.54) is 30.3 Å². The van der Waals surface area contributed by atoms with Crippen LogP contribution in [0.2, 0.25) is 0 Å². The van der Waals surface area contributed by atoms with Gasteiger partial charge in [-0.2, -0.15) is 0 Å². The molecule has 0 aliphatic heterocycles. The van der Waals surface area contributed by atoms with Gasteiger partial charge in [-0.3, -0.25) is 14.9 Å². The summed E-state index contributed by atoms with van der Waals surface area (Å²) in [6.07, 6.45) is 0. The molecular formula is C19H15FN2O5. The first-order valence-corrected chi connectivity index (χ1v) is 8.00. The summed E-state index contributed by atoms with van der Waals surface area (Å²) < 4.78 is 23.7. The number of nitrogens with zero attached hydrogens (tertiary/aromatic N) is 1. The van der Waals surface area contributed by atoms with Gasteiger partial charge in [-0.25, -0.2) is 4.39 Å². The van der Waals surface area contributed by atoms with Crippen molar-refractivity contribution in [1.82, 2.24) is 5.32 Å². The predicted molar refractivity (Wildman–Crippen MR) is 93.7 cm³/mol. The summed E-state index contributed by atoms with van der Waals surface area (Å²) in [5, 5.41) is 13.6. The van der Waals surface area contributed by atoms with E-state index in [-0.39, 0.29) is 36.2 Å². The van der Waals surface area contributed by atoms with Crippen LogP contribution in [0.4, 0.5) is 10.1 Å². The van der Waals surface area contributed by atoms with Gasteiger partial charge in [-0.1, -0.05) is 24.3 Å². The van der Waals surface area contributed by atoms with Gasteiger partial charge in [-0.05, 0) is 35.9 Å². The third-order valence-electron chi connectivity index (χ3n) is 3.68. The quantitative estimate of drug-likeness (QED) is 0.504. The molecule has 0 spiro atoms. The standard InChI is InChI=1S/C19H15FN2O5/c20-14-7-5-13(6-8-14)11-21-19(23)18-10-9-15(27-18)12-26-17-4-2-1-3-16(17)22(24)25/h1-10H,11-12H2,(H,21,23). The van der Waals surface area contributed by atoms with Crippen LogP contribution in [-0.2, 0) is 13.2 Å². The fourth-order valence-corrected chi connectivity index (χ4v) is 2.33. The fraction of sp³-hybridized carbons (Fsp3) is 0.105. The Hall–Kier alpha value is -3.68. The monoisotopic (exact) mass is 370 g/mol. The van der Waals surface area contributed by atoms with E-state index in [2.05, 4.69) is 5.32 Å². The molecule has 0 atom stereocenters. The van der Waals surface area contributed by atoms with E-state index < -0.39 is 10.8 Å². The van der Waals surface area contributed by atoms with Crippen molar-refractivity contribution in [2.75, 3.05) is 0 Å². The molecule has 0 saturated heterocycles. The zero-order valence-electron chi connectivity index (χ0n) is 14.1. The molecule has 8 heteroatoms. The van der Waals surface area contributed by atoms with Crippen LogP contribution in [0.15, 0.2) is 65.1 Å². The minimum Gasteiger partial charge on any atom is -0.479 e. The van der Waals surface area contributed by atoms with Crippen LogP contribution in [-0.4, -0.2) is 10.8 Å². The minimum absolute atomic E-state index is 0.0594. The van der Waals surface area contributed by atoms with Crippen LogP contribution in [0.25, 0.3) is 0 Å². The van der Waals surface area contributed by atoms with Gasteiger partial charge in [0.05, 0.1) is 4.92 Å². The van der Waals surface area contributed by atoms with Crippen molar-refractivity contribution in [3.05, 3.63) is 93.7 Å². The van der Waals surface area contributed by atoms with Crippen LogP contribution in [0, 0.1) is 15.9 Å². The number of hydrogen-bond donors (Lipinski definition) is 1. The van der Waals surface area contributed by atoms with Gasteiger partial charge >= 0.3 is 5.69 Å². The lowest BCUT2D eigenvalue weighted by molar-refractivity contribution is -0.386. The summed E-state index contributed by atoms with van der Waals surface area (Å²) >= 11 is 0. The van der Waals surface area contributed by atoms with Crippen molar-refractivity contribution < 1.29 is 23.3 Å². The zero-order valence-corrected chi connectivity index (χ0v) is 14.1. The Morgan fingerprint density at radius 3 is 2.59 bits per heavy atom. The second-order valence-electron chi connectivity index (χ2n) is 5.59. The second-order valence-corrected chi connectivity index (χ2v) is 5.59. The highest BCUT2D eigenvalue weighted by Gasteiger charge is 2.15. The smallest absolute Gasteiger partial charge is 0.310 e. The summed E-state index contributed by atoms with van der Waals surface area (Å²) in [5.74, 6) is -0.241. The Morgan fingerprint density at radius 2 is 1.85 bits per heavy atom. The number of ether oxygens (including phenoxy) is 1. The highest BCUT2D eigenvalue weighted by Crippen LogP contribution is 2.26. The molecular weight excluding hydrogens is 355 g/mol. The molecule has 7 nitrogen and oxygen atoms in total. The Balaban J connectivity index is 1.57. The molecule has 3 rings (SSSR count). The molecule has 1 aromatic heterocycles. The number of rotatable bonds is 7. The number of nitro groups is 1. The van der Waals surface area contributed by atoms with E-state index in [0.29, 0.717) is 5.76 Å². The third kappa shape index (κ3) is 4.69. The molecule has 2 aromatic carbocycles. The number of amides is 1. The normalized spacial score (nSPS) is 10.4. The van der Waals surface area contributed by atoms with Crippen molar-refractivity contribution in [2.24, 2.45) is 0 Å². The lowest BCUT2D eigenvalue weighted by Gasteiger charge is -2.05. The Labute approximate surface area is 153 Å². The van der Waals surface area contributed by atoms with Gasteiger partial charge in [-0.15, -0.1) is 0 Å². The zero-order chi connectivity index (χ0) is 19.2. The Bertz CT molecular complexity index is 953. The number of benzene rings is 2. The molecule has 0 unspecified atom stereocenters. The second kappa shape index (κ2) is 8.13. The highest BCUT2D eigenvalue weighted by molar-refractivity contribution is 5.91. The lowest BCUT2D eigenvalue weighted by Crippen LogP contribution is -2.22. The number of nitro benzene ring substituents is 1. The van der Waals surface area contributed by atoms with Crippen LogP contribution in [0.1, 0.15) is 21.9 Å². The molecule has 27 heavy (non-hydrogen) atoms. The average molecular weight is 370 g/mol. The SMILES string of the molecule is O=C(NCc1ccc(F)cc1)c1ccc(COc2ccccc2[N+](=O)[O-])o1. The largest absolute Gasteiger partial charge is 0.479 e. The number of hydrogen-bond acceptors (Lipinski definition) is 5. The molecule has 1 amide bonds. The first kappa shape index (κ1) is 18.1. The summed E-state index contributed by atoms with van der Waals surface area (Å²) in [4.78, 5) is 22.5. The number of halogens is 1. The van der Waals surface area contributed by atoms with Gasteiger partial charge in [0.2, 0.25) is 0 Å². The van der Waals surface area contributed by atoms with E-state index >= 15 is 0 Å². The fourth-order valence-electron chi connectivity index (χ4n) is 2.33. The molecule has 0 aliphatic rings. The molecule has 0 saturated carbocycles. The van der Waals surface area contributed by atoms with E-state index in [1.54, 1.807) is 30.3 Å². The first-order chi connectivity index (χ1) is 13.0. The molecule has 1 heterocycles. The van der Waals surface area contributed by atoms with Crippen LogP contribution < -0.4 is 10.1 Å². The van der Waals surface area contributed by atoms with Crippen molar-refractivity contribution in [3.63, 3.8) is 0 Å². The van der Waals surface area contributed by atoms with Crippen LogP contribution in [0.5, 0.6) is 5.75 Å². The van der Waals surface area contributed by atoms with Crippen molar-refractivity contribution in [2.45, 2.75) is 13.2 Å². The molecule has 0 bridgehead atoms. The maximum Gasteiger partial charge on any atom is 0.310 e. The number of carbonyl (C=O) groups is 1. The van der Waals surface area contributed by atoms with Gasteiger partial charge in [0.1, 0.15) is 18.2 Å². The molecule has 3 aromatic rings. The first-order valence-electron chi connectivity index (χ1n) is 8.00. The van der Waals surface area contributed by atoms with Crippen LogP contribution >= 0.6 is 0 Å². The van der Waals surface area contributed by atoms with Gasteiger partial charge in [0.15, 0.2) is 11.5 Å². The highest BCUT2D eigenvalue weighted by atomic mass is 19.1. The average Bonchev–Trinajstić information content (AvgIpc) is 3.15. The summed E-state index contributed by atoms with van der Waals surface area (Å²) in [6, 6.07) is 14.8. The molecule has 0 aliphatic carbocycles. The number of nitrogens with one attached hydrogen (secondary N) is 1. The summed E-state index contributed by atoms with van der Waals surface area (Å²) in [5.41, 5.74) is 0.595. The molecule has 1 N–H and O–H groups in total. The summed E-state index contributed by atoms with van der Waals surface area (Å²) in [7, 11) is 0. The van der Waals surface area contributed by atoms with Gasteiger partial charge in [0.25, 0.3) is 5.91 Å². The number of carbonyl (C=O) groups excluding carboxylic acids is 1. The third-order valence-corrected chi connectivity index (χ3v) is 3.68. The summed E-state index contributed by atoms with van der Waals surface area (Å²) in [6.45, 7) is 0.165. The van der Waals surface area contributed by atoms with Crippen LogP contribution in [0.3, 0.4) is 0 Å². The molecule has 0 radical (unpaired) electrons. The van der Waals surface area contributed by atoms with E-state index in [4.69, 9.17) is 9.15 Å². The van der Waals surface area contributed by atoms with E-state index in [0.717, 1.165) is 5.56 Å². The minimum atomic E-state index is -0.536. The topological polar surface area (TPSA) is 94.6 Å². The predicted octanol–water partition coefficient (Wildman–Crippen LogP) is 3.84. The lowest BCUT2D eigenvalue weighted by atomic mass is 10.2.